The summed E-state index contributed by atoms with van der Waals surface area (Å²) in [6.45, 7) is 2.24. The first-order valence-corrected chi connectivity index (χ1v) is 8.26. The van der Waals surface area contributed by atoms with Crippen LogP contribution in [0.3, 0.4) is 0 Å². The van der Waals surface area contributed by atoms with Crippen molar-refractivity contribution < 1.29 is 8.42 Å². The van der Waals surface area contributed by atoms with Gasteiger partial charge in [0.05, 0.1) is 4.90 Å². The quantitative estimate of drug-likeness (QED) is 0.829. The van der Waals surface area contributed by atoms with Crippen LogP contribution in [0.5, 0.6) is 0 Å². The Bertz CT molecular complexity index is 712. The Kier molecular flexibility index (Phi) is 4.47. The molecule has 20 heavy (non-hydrogen) atoms. The van der Waals surface area contributed by atoms with Gasteiger partial charge in [0.2, 0.25) is 10.0 Å². The second-order valence-electron chi connectivity index (χ2n) is 4.49. The zero-order chi connectivity index (χ0) is 14.8. The summed E-state index contributed by atoms with van der Waals surface area (Å²) in [4.78, 5) is 0.186. The van der Waals surface area contributed by atoms with Gasteiger partial charge in [0, 0.05) is 16.7 Å². The molecule has 0 aromatic heterocycles. The monoisotopic (exact) mass is 354 g/mol. The third-order valence-electron chi connectivity index (χ3n) is 2.87. The summed E-state index contributed by atoms with van der Waals surface area (Å²) in [6.07, 6.45) is 0. The maximum atomic E-state index is 12.2. The number of nitrogens with one attached hydrogen (secondary N) is 1. The van der Waals surface area contributed by atoms with Crippen molar-refractivity contribution >= 4 is 31.6 Å². The predicted molar refractivity (Wildman–Crippen MR) is 83.8 cm³/mol. The van der Waals surface area contributed by atoms with Crippen molar-refractivity contribution in [2.45, 2.75) is 18.4 Å². The number of sulfonamides is 1. The number of nitrogen functional groups attached to an aromatic ring is 1. The largest absolute Gasteiger partial charge is 0.398 e. The highest BCUT2D eigenvalue weighted by Crippen LogP contribution is 2.23. The highest BCUT2D eigenvalue weighted by atomic mass is 79.9. The maximum Gasteiger partial charge on any atom is 0.240 e. The first kappa shape index (κ1) is 15.0. The van der Waals surface area contributed by atoms with E-state index in [0.717, 1.165) is 11.1 Å². The van der Waals surface area contributed by atoms with E-state index in [1.165, 1.54) is 12.1 Å². The number of rotatable bonds is 4. The minimum Gasteiger partial charge on any atom is -0.398 e. The molecule has 0 aliphatic rings. The van der Waals surface area contributed by atoms with Crippen LogP contribution >= 0.6 is 15.9 Å². The summed E-state index contributed by atoms with van der Waals surface area (Å²) in [5, 5.41) is 0. The van der Waals surface area contributed by atoms with E-state index in [1.54, 1.807) is 6.07 Å². The number of aryl methyl sites for hydroxylation is 1. The molecule has 0 atom stereocenters. The van der Waals surface area contributed by atoms with E-state index in [9.17, 15) is 8.42 Å². The molecular formula is C14H15BrN2O2S. The highest BCUT2D eigenvalue weighted by molar-refractivity contribution is 9.10. The molecule has 0 saturated carbocycles. The average molecular weight is 355 g/mol. The maximum absolute atomic E-state index is 12.2. The van der Waals surface area contributed by atoms with Crippen molar-refractivity contribution in [1.29, 1.82) is 0 Å². The molecule has 106 valence electrons. The van der Waals surface area contributed by atoms with Gasteiger partial charge >= 0.3 is 0 Å². The second-order valence-corrected chi connectivity index (χ2v) is 7.11. The first-order chi connectivity index (χ1) is 9.38. The van der Waals surface area contributed by atoms with Crippen molar-refractivity contribution in [3.63, 3.8) is 0 Å². The lowest BCUT2D eigenvalue weighted by Gasteiger charge is -2.08. The molecule has 0 fully saturated rings. The van der Waals surface area contributed by atoms with E-state index in [-0.39, 0.29) is 11.4 Å². The molecule has 2 rings (SSSR count). The van der Waals surface area contributed by atoms with E-state index in [4.69, 9.17) is 5.73 Å². The zero-order valence-corrected chi connectivity index (χ0v) is 13.3. The fraction of sp³-hybridized carbons (Fsp3) is 0.143. The molecule has 2 aromatic rings. The third kappa shape index (κ3) is 3.59. The van der Waals surface area contributed by atoms with Gasteiger partial charge in [-0.2, -0.15) is 0 Å². The van der Waals surface area contributed by atoms with Crippen LogP contribution < -0.4 is 10.5 Å². The number of nitrogens with two attached hydrogens (primary N) is 1. The van der Waals surface area contributed by atoms with Gasteiger partial charge in [0.15, 0.2) is 0 Å². The third-order valence-corrected chi connectivity index (χ3v) is 4.95. The molecule has 3 N–H and O–H groups in total. The Morgan fingerprint density at radius 3 is 2.40 bits per heavy atom. The van der Waals surface area contributed by atoms with Crippen LogP contribution in [0.25, 0.3) is 0 Å². The second kappa shape index (κ2) is 5.95. The molecule has 0 radical (unpaired) electrons. The summed E-state index contributed by atoms with van der Waals surface area (Å²) >= 11 is 3.23. The van der Waals surface area contributed by atoms with Gasteiger partial charge in [0.1, 0.15) is 0 Å². The Morgan fingerprint density at radius 1 is 1.15 bits per heavy atom. The number of anilines is 1. The molecule has 0 heterocycles. The number of benzene rings is 2. The molecule has 6 heteroatoms. The Labute approximate surface area is 127 Å². The number of hydrogen-bond donors (Lipinski definition) is 2. The van der Waals surface area contributed by atoms with Gasteiger partial charge in [0.25, 0.3) is 0 Å². The fourth-order valence-corrected chi connectivity index (χ4v) is 3.22. The molecule has 0 unspecified atom stereocenters. The molecule has 4 nitrogen and oxygen atoms in total. The van der Waals surface area contributed by atoms with E-state index >= 15 is 0 Å². The molecule has 0 saturated heterocycles. The van der Waals surface area contributed by atoms with Crippen LogP contribution in [0.2, 0.25) is 0 Å². The zero-order valence-electron chi connectivity index (χ0n) is 10.9. The summed E-state index contributed by atoms with van der Waals surface area (Å²) < 4.78 is 27.5. The summed E-state index contributed by atoms with van der Waals surface area (Å²) in [6, 6.07) is 12.2. The SMILES string of the molecule is Cc1ccc(CNS(=O)(=O)c2ccc(N)c(Br)c2)cc1. The summed E-state index contributed by atoms with van der Waals surface area (Å²) in [5.41, 5.74) is 8.20. The Hall–Kier alpha value is -1.37. The van der Waals surface area contributed by atoms with Gasteiger partial charge in [-0.1, -0.05) is 29.8 Å². The molecule has 0 aliphatic carbocycles. The normalized spacial score (nSPS) is 11.5. The van der Waals surface area contributed by atoms with Crippen molar-refractivity contribution in [2.75, 3.05) is 5.73 Å². The van der Waals surface area contributed by atoms with Crippen LogP contribution in [0, 0.1) is 6.92 Å². The molecule has 0 spiro atoms. The Morgan fingerprint density at radius 2 is 1.80 bits per heavy atom. The van der Waals surface area contributed by atoms with Crippen LogP contribution in [0.4, 0.5) is 5.69 Å². The van der Waals surface area contributed by atoms with Gasteiger partial charge in [-0.05, 0) is 46.6 Å². The van der Waals surface area contributed by atoms with Crippen LogP contribution in [-0.2, 0) is 16.6 Å². The summed E-state index contributed by atoms with van der Waals surface area (Å²) in [5.74, 6) is 0. The van der Waals surface area contributed by atoms with E-state index in [1.807, 2.05) is 31.2 Å². The molecule has 0 aliphatic heterocycles. The van der Waals surface area contributed by atoms with Gasteiger partial charge < -0.3 is 5.73 Å². The molecule has 0 bridgehead atoms. The van der Waals surface area contributed by atoms with Gasteiger partial charge in [-0.25, -0.2) is 13.1 Å². The number of halogens is 1. The lowest BCUT2D eigenvalue weighted by molar-refractivity contribution is 0.581. The van der Waals surface area contributed by atoms with Crippen LogP contribution in [-0.4, -0.2) is 8.42 Å². The lowest BCUT2D eigenvalue weighted by atomic mass is 10.2. The van der Waals surface area contributed by atoms with E-state index in [0.29, 0.717) is 10.2 Å². The predicted octanol–water partition coefficient (Wildman–Crippen LogP) is 2.82. The first-order valence-electron chi connectivity index (χ1n) is 5.99. The van der Waals surface area contributed by atoms with Gasteiger partial charge in [-0.3, -0.25) is 0 Å². The number of hydrogen-bond acceptors (Lipinski definition) is 3. The average Bonchev–Trinajstić information content (AvgIpc) is 2.41. The van der Waals surface area contributed by atoms with Crippen LogP contribution in [0.1, 0.15) is 11.1 Å². The van der Waals surface area contributed by atoms with Gasteiger partial charge in [-0.15, -0.1) is 0 Å². The van der Waals surface area contributed by atoms with Crippen molar-refractivity contribution in [3.05, 3.63) is 58.1 Å². The lowest BCUT2D eigenvalue weighted by Crippen LogP contribution is -2.23. The van der Waals surface area contributed by atoms with Crippen molar-refractivity contribution in [2.24, 2.45) is 0 Å². The topological polar surface area (TPSA) is 72.2 Å². The van der Waals surface area contributed by atoms with Crippen molar-refractivity contribution in [1.82, 2.24) is 4.72 Å². The van der Waals surface area contributed by atoms with Crippen molar-refractivity contribution in [3.8, 4) is 0 Å². The summed E-state index contributed by atoms with van der Waals surface area (Å²) in [7, 11) is -3.54. The molecular weight excluding hydrogens is 340 g/mol. The van der Waals surface area contributed by atoms with E-state index < -0.39 is 10.0 Å². The van der Waals surface area contributed by atoms with E-state index in [2.05, 4.69) is 20.7 Å². The highest BCUT2D eigenvalue weighted by Gasteiger charge is 2.14. The van der Waals surface area contributed by atoms with Crippen LogP contribution in [0.15, 0.2) is 51.8 Å². The molecule has 0 amide bonds. The molecule has 2 aromatic carbocycles. The minimum absolute atomic E-state index is 0.186. The standard InChI is InChI=1S/C14H15BrN2O2S/c1-10-2-4-11(5-3-10)9-17-20(18,19)12-6-7-14(16)13(15)8-12/h2-8,17H,9,16H2,1H3. The minimum atomic E-state index is -3.54. The fourth-order valence-electron chi connectivity index (χ4n) is 1.64. The Balaban J connectivity index is 2.14. The smallest absolute Gasteiger partial charge is 0.240 e.